The van der Waals surface area contributed by atoms with E-state index >= 15 is 0 Å². The van der Waals surface area contributed by atoms with Gasteiger partial charge in [-0.25, -0.2) is 0 Å². The van der Waals surface area contributed by atoms with Gasteiger partial charge in [-0.2, -0.15) is 0 Å². The zero-order valence-corrected chi connectivity index (χ0v) is 5.77. The molecule has 0 unspecified atom stereocenters. The number of hydrogen-bond donors (Lipinski definition) is 2. The molecule has 11 heavy (non-hydrogen) atoms. The van der Waals surface area contributed by atoms with E-state index in [9.17, 15) is 4.79 Å². The van der Waals surface area contributed by atoms with Crippen LogP contribution in [0.1, 0.15) is 22.2 Å². The number of hydrogen-bond acceptors (Lipinski definition) is 3. The van der Waals surface area contributed by atoms with E-state index in [0.29, 0.717) is 17.4 Å². The average molecular weight is 152 g/mol. The van der Waals surface area contributed by atoms with Crippen LogP contribution < -0.4 is 0 Å². The number of aliphatic hydroxyl groups is 2. The molecule has 1 aromatic carbocycles. The van der Waals surface area contributed by atoms with Crippen LogP contribution in [0.5, 0.6) is 0 Å². The van der Waals surface area contributed by atoms with Crippen molar-refractivity contribution in [2.24, 2.45) is 0 Å². The predicted octanol–water partition coefficient (Wildman–Crippen LogP) is 0.482. The summed E-state index contributed by atoms with van der Waals surface area (Å²) in [6.45, 7) is 0. The number of carbonyl (C=O) groups is 1. The highest BCUT2D eigenvalue weighted by Crippen LogP contribution is 2.09. The van der Waals surface area contributed by atoms with Crippen molar-refractivity contribution >= 4 is 6.29 Å². The van der Waals surface area contributed by atoms with Crippen LogP contribution in [-0.4, -0.2) is 16.5 Å². The lowest BCUT2D eigenvalue weighted by Gasteiger charge is -2.01. The smallest absolute Gasteiger partial charge is 0.178 e. The molecular weight excluding hydrogens is 144 g/mol. The molecule has 0 amide bonds. The third kappa shape index (κ3) is 1.86. The molecule has 0 aliphatic carbocycles. The van der Waals surface area contributed by atoms with E-state index in [1.165, 1.54) is 24.3 Å². The summed E-state index contributed by atoms with van der Waals surface area (Å²) in [7, 11) is 0. The van der Waals surface area contributed by atoms with E-state index in [1.54, 1.807) is 0 Å². The Morgan fingerprint density at radius 3 is 2.09 bits per heavy atom. The van der Waals surface area contributed by atoms with Gasteiger partial charge in [0, 0.05) is 11.1 Å². The predicted molar refractivity (Wildman–Crippen MR) is 39.0 cm³/mol. The van der Waals surface area contributed by atoms with Gasteiger partial charge in [-0.1, -0.05) is 24.3 Å². The summed E-state index contributed by atoms with van der Waals surface area (Å²) in [6, 6.07) is 6.05. The minimum absolute atomic E-state index is 0.385. The Kier molecular flexibility index (Phi) is 2.36. The Balaban J connectivity index is 2.91. The van der Waals surface area contributed by atoms with E-state index in [2.05, 4.69) is 0 Å². The first-order chi connectivity index (χ1) is 5.24. The summed E-state index contributed by atoms with van der Waals surface area (Å²) in [5.41, 5.74) is 0.907. The van der Waals surface area contributed by atoms with Gasteiger partial charge in [-0.15, -0.1) is 0 Å². The summed E-state index contributed by atoms with van der Waals surface area (Å²) < 4.78 is 0. The molecule has 0 spiro atoms. The number of aliphatic hydroxyl groups excluding tert-OH is 1. The van der Waals surface area contributed by atoms with Crippen molar-refractivity contribution in [1.82, 2.24) is 0 Å². The van der Waals surface area contributed by atoms with Crippen LogP contribution in [0.4, 0.5) is 0 Å². The third-order valence-electron chi connectivity index (χ3n) is 1.37. The van der Waals surface area contributed by atoms with Crippen LogP contribution in [0.2, 0.25) is 0 Å². The third-order valence-corrected chi connectivity index (χ3v) is 1.37. The van der Waals surface area contributed by atoms with Crippen molar-refractivity contribution < 1.29 is 15.0 Å². The van der Waals surface area contributed by atoms with E-state index in [1.807, 2.05) is 0 Å². The fourth-order valence-corrected chi connectivity index (χ4v) is 0.747. The van der Waals surface area contributed by atoms with E-state index in [0.717, 1.165) is 0 Å². The molecule has 1 rings (SSSR count). The van der Waals surface area contributed by atoms with Crippen molar-refractivity contribution in [3.63, 3.8) is 0 Å². The van der Waals surface area contributed by atoms with Crippen LogP contribution in [0.15, 0.2) is 24.3 Å². The lowest BCUT2D eigenvalue weighted by Crippen LogP contribution is -1.94. The second-order valence-electron chi connectivity index (χ2n) is 2.16. The zero-order chi connectivity index (χ0) is 8.27. The first-order valence-electron chi connectivity index (χ1n) is 3.15. The Morgan fingerprint density at radius 1 is 1.18 bits per heavy atom. The van der Waals surface area contributed by atoms with Gasteiger partial charge in [-0.3, -0.25) is 4.79 Å². The SMILES string of the molecule is O=Cc1ccc(C(O)O)cc1. The molecule has 2 N–H and O–H groups in total. The van der Waals surface area contributed by atoms with Crippen LogP contribution in [0.3, 0.4) is 0 Å². The maximum atomic E-state index is 10.2. The topological polar surface area (TPSA) is 57.5 Å². The van der Waals surface area contributed by atoms with Gasteiger partial charge in [0.05, 0.1) is 0 Å². The van der Waals surface area contributed by atoms with Gasteiger partial charge in [-0.05, 0) is 0 Å². The Labute approximate surface area is 63.9 Å². The molecule has 0 radical (unpaired) electrons. The van der Waals surface area contributed by atoms with Crippen LogP contribution >= 0.6 is 0 Å². The van der Waals surface area contributed by atoms with Crippen molar-refractivity contribution in [2.45, 2.75) is 6.29 Å². The lowest BCUT2D eigenvalue weighted by atomic mass is 10.1. The summed E-state index contributed by atoms with van der Waals surface area (Å²) >= 11 is 0. The van der Waals surface area contributed by atoms with Gasteiger partial charge in [0.1, 0.15) is 6.29 Å². The lowest BCUT2D eigenvalue weighted by molar-refractivity contribution is -0.0424. The van der Waals surface area contributed by atoms with E-state index < -0.39 is 6.29 Å². The van der Waals surface area contributed by atoms with Gasteiger partial charge >= 0.3 is 0 Å². The first kappa shape index (κ1) is 7.91. The number of aldehydes is 1. The minimum Gasteiger partial charge on any atom is -0.364 e. The van der Waals surface area contributed by atoms with Crippen molar-refractivity contribution in [2.75, 3.05) is 0 Å². The normalized spacial score (nSPS) is 10.1. The molecule has 0 aliphatic rings. The van der Waals surface area contributed by atoms with Gasteiger partial charge in [0.15, 0.2) is 6.29 Å². The molecule has 1 aromatic rings. The van der Waals surface area contributed by atoms with Crippen LogP contribution in [0, 0.1) is 0 Å². The fraction of sp³-hybridized carbons (Fsp3) is 0.125. The Bertz CT molecular complexity index is 238. The molecule has 0 bridgehead atoms. The fourth-order valence-electron chi connectivity index (χ4n) is 0.747. The highest BCUT2D eigenvalue weighted by molar-refractivity contribution is 5.74. The highest BCUT2D eigenvalue weighted by Gasteiger charge is 2.00. The molecular formula is C8H8O3. The molecule has 0 saturated heterocycles. The molecule has 0 aromatic heterocycles. The standard InChI is InChI=1S/C8H8O3/c9-5-6-1-3-7(4-2-6)8(10)11/h1-5,8,10-11H. The molecule has 0 heterocycles. The highest BCUT2D eigenvalue weighted by atomic mass is 16.5. The Hall–Kier alpha value is -1.19. The molecule has 58 valence electrons. The molecule has 3 nitrogen and oxygen atoms in total. The van der Waals surface area contributed by atoms with E-state index in [-0.39, 0.29) is 0 Å². The average Bonchev–Trinajstić information content (AvgIpc) is 2.05. The van der Waals surface area contributed by atoms with Crippen molar-refractivity contribution in [1.29, 1.82) is 0 Å². The summed E-state index contributed by atoms with van der Waals surface area (Å²) in [5.74, 6) is 0. The second kappa shape index (κ2) is 3.27. The largest absolute Gasteiger partial charge is 0.364 e. The molecule has 0 fully saturated rings. The number of rotatable bonds is 2. The maximum absolute atomic E-state index is 10.2. The van der Waals surface area contributed by atoms with Gasteiger partial charge in [0.25, 0.3) is 0 Å². The van der Waals surface area contributed by atoms with Gasteiger partial charge < -0.3 is 10.2 Å². The number of carbonyl (C=O) groups excluding carboxylic acids is 1. The summed E-state index contributed by atoms with van der Waals surface area (Å²) in [5, 5.41) is 17.3. The molecule has 0 saturated carbocycles. The van der Waals surface area contributed by atoms with Crippen LogP contribution in [-0.2, 0) is 0 Å². The minimum atomic E-state index is -1.46. The van der Waals surface area contributed by atoms with Crippen molar-refractivity contribution in [3.05, 3.63) is 35.4 Å². The summed E-state index contributed by atoms with van der Waals surface area (Å²) in [4.78, 5) is 10.2. The summed E-state index contributed by atoms with van der Waals surface area (Å²) in [6.07, 6.45) is -0.760. The monoisotopic (exact) mass is 152 g/mol. The number of benzene rings is 1. The zero-order valence-electron chi connectivity index (χ0n) is 5.77. The van der Waals surface area contributed by atoms with Crippen LogP contribution in [0.25, 0.3) is 0 Å². The maximum Gasteiger partial charge on any atom is 0.178 e. The Morgan fingerprint density at radius 2 is 1.73 bits per heavy atom. The quantitative estimate of drug-likeness (QED) is 0.478. The van der Waals surface area contributed by atoms with Crippen molar-refractivity contribution in [3.8, 4) is 0 Å². The van der Waals surface area contributed by atoms with Gasteiger partial charge in [0.2, 0.25) is 0 Å². The molecule has 0 aliphatic heterocycles. The van der Waals surface area contributed by atoms with E-state index in [4.69, 9.17) is 10.2 Å². The molecule has 3 heteroatoms. The second-order valence-corrected chi connectivity index (χ2v) is 2.16. The molecule has 0 atom stereocenters. The first-order valence-corrected chi connectivity index (χ1v) is 3.15.